The van der Waals surface area contributed by atoms with Crippen LogP contribution < -0.4 is 4.74 Å². The van der Waals surface area contributed by atoms with Crippen molar-refractivity contribution in [2.24, 2.45) is 4.99 Å². The summed E-state index contributed by atoms with van der Waals surface area (Å²) in [5.74, 6) is 1.85. The molecule has 1 amide bonds. The Morgan fingerprint density at radius 1 is 1.08 bits per heavy atom. The molecule has 0 atom stereocenters. The van der Waals surface area contributed by atoms with E-state index in [4.69, 9.17) is 4.74 Å². The number of carbonyl (C=O) groups excluding carboxylic acids is 1. The van der Waals surface area contributed by atoms with Crippen molar-refractivity contribution in [2.75, 3.05) is 12.3 Å². The molecule has 132 valence electrons. The highest BCUT2D eigenvalue weighted by atomic mass is 32.2. The lowest BCUT2D eigenvalue weighted by Crippen LogP contribution is -2.30. The quantitative estimate of drug-likeness (QED) is 0.758. The Labute approximate surface area is 157 Å². The Kier molecular flexibility index (Phi) is 5.07. The van der Waals surface area contributed by atoms with Gasteiger partial charge in [0.25, 0.3) is 5.91 Å². The lowest BCUT2D eigenvalue weighted by Gasteiger charge is -2.13. The monoisotopic (exact) mass is 364 g/mol. The van der Waals surface area contributed by atoms with Gasteiger partial charge in [-0.1, -0.05) is 54.2 Å². The summed E-state index contributed by atoms with van der Waals surface area (Å²) in [6, 6.07) is 17.8. The fourth-order valence-electron chi connectivity index (χ4n) is 2.93. The topological polar surface area (TPSA) is 41.9 Å². The standard InChI is InChI=1S/C21H20N2O2S/c24-20-19(22-21-23(20)12-4-5-13-26-21)14-16-8-10-18(11-9-16)25-15-17-6-2-1-3-7-17/h1-3,6-11,14H,4-5,12-13,15H2/b19-14-. The number of carbonyl (C=O) groups is 1. The Morgan fingerprint density at radius 2 is 1.88 bits per heavy atom. The summed E-state index contributed by atoms with van der Waals surface area (Å²) < 4.78 is 5.80. The molecule has 0 N–H and O–H groups in total. The smallest absolute Gasteiger partial charge is 0.278 e. The molecule has 5 heteroatoms. The van der Waals surface area contributed by atoms with Gasteiger partial charge in [-0.25, -0.2) is 4.99 Å². The first-order chi connectivity index (χ1) is 12.8. The van der Waals surface area contributed by atoms with Gasteiger partial charge < -0.3 is 4.74 Å². The van der Waals surface area contributed by atoms with Crippen LogP contribution in [0.3, 0.4) is 0 Å². The van der Waals surface area contributed by atoms with E-state index in [1.165, 1.54) is 0 Å². The predicted octanol–water partition coefficient (Wildman–Crippen LogP) is 4.33. The van der Waals surface area contributed by atoms with E-state index in [9.17, 15) is 4.79 Å². The Hall–Kier alpha value is -2.53. The number of amides is 1. The molecule has 0 saturated carbocycles. The fraction of sp³-hybridized carbons (Fsp3) is 0.238. The van der Waals surface area contributed by atoms with E-state index >= 15 is 0 Å². The molecule has 0 radical (unpaired) electrons. The molecule has 0 aliphatic carbocycles. The number of aliphatic imine (C=N–C) groups is 1. The van der Waals surface area contributed by atoms with Crippen molar-refractivity contribution in [3.05, 3.63) is 71.4 Å². The molecule has 4 nitrogen and oxygen atoms in total. The predicted molar refractivity (Wildman–Crippen MR) is 106 cm³/mol. The molecular weight excluding hydrogens is 344 g/mol. The van der Waals surface area contributed by atoms with E-state index in [-0.39, 0.29) is 5.91 Å². The Bertz CT molecular complexity index is 844. The normalized spacial score (nSPS) is 18.5. The van der Waals surface area contributed by atoms with Crippen molar-refractivity contribution in [1.82, 2.24) is 4.90 Å². The number of hydrogen-bond donors (Lipinski definition) is 0. The zero-order chi connectivity index (χ0) is 17.8. The van der Waals surface area contributed by atoms with Gasteiger partial charge in [-0.05, 0) is 42.2 Å². The van der Waals surface area contributed by atoms with Crippen LogP contribution in [0.4, 0.5) is 0 Å². The van der Waals surface area contributed by atoms with E-state index < -0.39 is 0 Å². The summed E-state index contributed by atoms with van der Waals surface area (Å²) in [5.41, 5.74) is 2.61. The molecule has 0 bridgehead atoms. The van der Waals surface area contributed by atoms with Crippen LogP contribution in [0.25, 0.3) is 6.08 Å². The van der Waals surface area contributed by atoms with E-state index in [2.05, 4.69) is 4.99 Å². The van der Waals surface area contributed by atoms with Gasteiger partial charge in [0.1, 0.15) is 18.1 Å². The summed E-state index contributed by atoms with van der Waals surface area (Å²) in [6.45, 7) is 1.31. The summed E-state index contributed by atoms with van der Waals surface area (Å²) in [4.78, 5) is 18.9. The summed E-state index contributed by atoms with van der Waals surface area (Å²) in [5, 5.41) is 0.849. The van der Waals surface area contributed by atoms with Gasteiger partial charge in [0.2, 0.25) is 0 Å². The van der Waals surface area contributed by atoms with Crippen LogP contribution >= 0.6 is 11.8 Å². The summed E-state index contributed by atoms with van der Waals surface area (Å²) >= 11 is 1.67. The van der Waals surface area contributed by atoms with Crippen molar-refractivity contribution >= 4 is 28.9 Å². The van der Waals surface area contributed by atoms with Crippen molar-refractivity contribution in [3.63, 3.8) is 0 Å². The van der Waals surface area contributed by atoms with Gasteiger partial charge in [0, 0.05) is 12.3 Å². The van der Waals surface area contributed by atoms with E-state index in [1.807, 2.05) is 60.7 Å². The van der Waals surface area contributed by atoms with Crippen LogP contribution in [0.1, 0.15) is 24.0 Å². The largest absolute Gasteiger partial charge is 0.489 e. The van der Waals surface area contributed by atoms with Crippen molar-refractivity contribution in [3.8, 4) is 5.75 Å². The summed E-state index contributed by atoms with van der Waals surface area (Å²) in [7, 11) is 0. The van der Waals surface area contributed by atoms with Gasteiger partial charge in [-0.3, -0.25) is 9.69 Å². The molecule has 2 aromatic rings. The molecule has 0 unspecified atom stereocenters. The molecule has 2 aliphatic rings. The van der Waals surface area contributed by atoms with Crippen molar-refractivity contribution in [2.45, 2.75) is 19.4 Å². The molecule has 0 aromatic heterocycles. The number of fused-ring (bicyclic) bond motifs is 1. The number of amidine groups is 1. The minimum absolute atomic E-state index is 0.0128. The second-order valence-electron chi connectivity index (χ2n) is 6.28. The van der Waals surface area contributed by atoms with Gasteiger partial charge >= 0.3 is 0 Å². The molecule has 2 aliphatic heterocycles. The van der Waals surface area contributed by atoms with Gasteiger partial charge in [0.15, 0.2) is 5.17 Å². The number of hydrogen-bond acceptors (Lipinski definition) is 4. The molecular formula is C21H20N2O2S. The van der Waals surface area contributed by atoms with Crippen LogP contribution in [-0.2, 0) is 11.4 Å². The van der Waals surface area contributed by atoms with Crippen LogP contribution in [0.5, 0.6) is 5.75 Å². The molecule has 2 heterocycles. The van der Waals surface area contributed by atoms with E-state index in [0.29, 0.717) is 12.3 Å². The average Bonchev–Trinajstić information content (AvgIpc) is 2.85. The molecule has 2 aromatic carbocycles. The van der Waals surface area contributed by atoms with Gasteiger partial charge in [0.05, 0.1) is 0 Å². The first-order valence-corrected chi connectivity index (χ1v) is 9.80. The van der Waals surface area contributed by atoms with Crippen molar-refractivity contribution in [1.29, 1.82) is 0 Å². The fourth-order valence-corrected chi connectivity index (χ4v) is 3.96. The highest BCUT2D eigenvalue weighted by Gasteiger charge is 2.31. The van der Waals surface area contributed by atoms with Crippen LogP contribution in [0.2, 0.25) is 0 Å². The maximum atomic E-state index is 12.5. The van der Waals surface area contributed by atoms with Gasteiger partial charge in [-0.15, -0.1) is 0 Å². The third-order valence-electron chi connectivity index (χ3n) is 4.35. The molecule has 26 heavy (non-hydrogen) atoms. The second-order valence-corrected chi connectivity index (χ2v) is 7.34. The lowest BCUT2D eigenvalue weighted by molar-refractivity contribution is -0.122. The number of thioether (sulfide) groups is 1. The highest BCUT2D eigenvalue weighted by Crippen LogP contribution is 2.27. The van der Waals surface area contributed by atoms with Gasteiger partial charge in [-0.2, -0.15) is 0 Å². The number of benzene rings is 2. The van der Waals surface area contributed by atoms with Crippen LogP contribution in [0.15, 0.2) is 65.3 Å². The minimum atomic E-state index is 0.0128. The summed E-state index contributed by atoms with van der Waals surface area (Å²) in [6.07, 6.45) is 4.03. The third kappa shape index (κ3) is 3.83. The zero-order valence-corrected chi connectivity index (χ0v) is 15.2. The number of ether oxygens (including phenoxy) is 1. The first-order valence-electron chi connectivity index (χ1n) is 8.81. The van der Waals surface area contributed by atoms with Crippen molar-refractivity contribution < 1.29 is 9.53 Å². The molecule has 1 saturated heterocycles. The molecule has 0 spiro atoms. The van der Waals surface area contributed by atoms with E-state index in [0.717, 1.165) is 47.2 Å². The zero-order valence-electron chi connectivity index (χ0n) is 14.4. The minimum Gasteiger partial charge on any atom is -0.489 e. The molecule has 1 fully saturated rings. The molecule has 4 rings (SSSR count). The second kappa shape index (κ2) is 7.79. The van der Waals surface area contributed by atoms with Crippen LogP contribution in [0, 0.1) is 0 Å². The maximum Gasteiger partial charge on any atom is 0.278 e. The third-order valence-corrected chi connectivity index (χ3v) is 5.41. The van der Waals surface area contributed by atoms with Crippen LogP contribution in [-0.4, -0.2) is 28.3 Å². The maximum absolute atomic E-state index is 12.5. The SMILES string of the molecule is O=C1/C(=C/c2ccc(OCc3ccccc3)cc2)N=C2SCCCCN12. The number of rotatable bonds is 4. The number of nitrogens with zero attached hydrogens (tertiary/aromatic N) is 2. The highest BCUT2D eigenvalue weighted by molar-refractivity contribution is 8.13. The average molecular weight is 364 g/mol. The first kappa shape index (κ1) is 16.9. The lowest BCUT2D eigenvalue weighted by atomic mass is 10.2. The Balaban J connectivity index is 1.44. The Morgan fingerprint density at radius 3 is 2.69 bits per heavy atom. The van der Waals surface area contributed by atoms with E-state index in [1.54, 1.807) is 16.7 Å².